The first-order valence-corrected chi connectivity index (χ1v) is 21.2. The number of rotatable bonds is 10. The molecule has 0 saturated carbocycles. The molecule has 0 spiro atoms. The molecular weight excluding hydrogens is 836 g/mol. The van der Waals surface area contributed by atoms with Crippen molar-refractivity contribution in [3.05, 3.63) is 108 Å². The second kappa shape index (κ2) is 16.1. The molecule has 0 aliphatic carbocycles. The number of anilines is 2. The van der Waals surface area contributed by atoms with Crippen LogP contribution in [0, 0.1) is 0 Å². The maximum absolute atomic E-state index is 12.4. The minimum absolute atomic E-state index is 0. The fourth-order valence-corrected chi connectivity index (χ4v) is 7.88. The van der Waals surface area contributed by atoms with Crippen molar-refractivity contribution >= 4 is 108 Å². The molecule has 0 fully saturated rings. The predicted octanol–water partition coefficient (Wildman–Crippen LogP) is 4.15. The van der Waals surface area contributed by atoms with Crippen molar-refractivity contribution < 1.29 is 81.4 Å². The van der Waals surface area contributed by atoms with Gasteiger partial charge in [-0.15, -0.1) is 10.2 Å². The van der Waals surface area contributed by atoms with Gasteiger partial charge in [0.1, 0.15) is 9.79 Å². The summed E-state index contributed by atoms with van der Waals surface area (Å²) in [6.45, 7) is 0. The van der Waals surface area contributed by atoms with Crippen molar-refractivity contribution in [2.24, 2.45) is 20.5 Å². The standard InChI is InChI=1S/C34H26N6O12S4.Na/c35-29-11-13-31(25-9-7-23(17-27(25)29)53(41,42)43)39-37-21-5-3-19(33(15-21)55(47,48)49)1-2-20-4-6-22(16-34(20)56(50,51)52)38-40-32-14-12-30(36)28-18-24(54(44,45)46)8-10-26(28)32;/h1-18H,35-36H2,(H,41,42,43)(H,44,45,46)(H,47,48,49)(H,50,51,52);/q;+1/b2-1+,39-37?,40-38?;. The summed E-state index contributed by atoms with van der Waals surface area (Å²) >= 11 is 0. The summed E-state index contributed by atoms with van der Waals surface area (Å²) in [5.74, 6) is 0. The molecule has 0 aliphatic heterocycles. The van der Waals surface area contributed by atoms with E-state index in [9.17, 15) is 51.9 Å². The Kier molecular flexibility index (Phi) is 12.2. The molecular formula is C34H26N6NaO12S4+. The monoisotopic (exact) mass is 861 g/mol. The van der Waals surface area contributed by atoms with E-state index in [-0.39, 0.29) is 85.6 Å². The molecule has 0 aliphatic rings. The van der Waals surface area contributed by atoms with Gasteiger partial charge in [-0.2, -0.15) is 43.9 Å². The van der Waals surface area contributed by atoms with E-state index < -0.39 is 60.1 Å². The van der Waals surface area contributed by atoms with E-state index in [1.54, 1.807) is 0 Å². The number of hydrogen-bond donors (Lipinski definition) is 6. The Morgan fingerprint density at radius 3 is 1.12 bits per heavy atom. The number of nitrogens with two attached hydrogens (primary N) is 2. The molecule has 18 nitrogen and oxygen atoms in total. The normalized spacial score (nSPS) is 12.9. The average molecular weight is 862 g/mol. The maximum Gasteiger partial charge on any atom is 1.00 e. The van der Waals surface area contributed by atoms with Crippen LogP contribution < -0.4 is 41.0 Å². The zero-order valence-corrected chi connectivity index (χ0v) is 34.3. The van der Waals surface area contributed by atoms with Gasteiger partial charge in [0.15, 0.2) is 0 Å². The fraction of sp³-hybridized carbons (Fsp3) is 0. The largest absolute Gasteiger partial charge is 1.00 e. The van der Waals surface area contributed by atoms with Crippen LogP contribution in [0.25, 0.3) is 33.7 Å². The maximum atomic E-state index is 12.4. The van der Waals surface area contributed by atoms with Gasteiger partial charge in [0.05, 0.1) is 32.5 Å². The van der Waals surface area contributed by atoms with Crippen LogP contribution in [-0.2, 0) is 40.5 Å². The topological polar surface area (TPSA) is 319 Å². The molecule has 0 bridgehead atoms. The Morgan fingerprint density at radius 2 is 0.789 bits per heavy atom. The molecule has 0 heterocycles. The van der Waals surface area contributed by atoms with Crippen LogP contribution >= 0.6 is 0 Å². The molecule has 6 aromatic rings. The number of nitrogens with zero attached hydrogens (tertiary/aromatic N) is 4. The van der Waals surface area contributed by atoms with Crippen LogP contribution in [0.1, 0.15) is 11.1 Å². The number of hydrogen-bond acceptors (Lipinski definition) is 14. The number of benzene rings is 6. The molecule has 6 rings (SSSR count). The SMILES string of the molecule is Nc1ccc(N=Nc2ccc(/C=C/c3ccc(N=Nc4ccc(N)c5cc(S(=O)(=O)O)ccc45)cc3S(=O)(=O)O)c(S(=O)(=O)O)c2)c2ccc(S(=O)(=O)O)cc12.[Na+]. The summed E-state index contributed by atoms with van der Waals surface area (Å²) in [5, 5.41) is 17.5. The van der Waals surface area contributed by atoms with Crippen molar-refractivity contribution in [1.82, 2.24) is 0 Å². The van der Waals surface area contributed by atoms with Gasteiger partial charge in [-0.25, -0.2) is 0 Å². The summed E-state index contributed by atoms with van der Waals surface area (Å²) in [5.41, 5.74) is 12.4. The van der Waals surface area contributed by atoms with E-state index in [2.05, 4.69) is 20.5 Å². The molecule has 0 unspecified atom stereocenters. The van der Waals surface area contributed by atoms with Gasteiger partial charge in [0.2, 0.25) is 0 Å². The van der Waals surface area contributed by atoms with Crippen LogP contribution in [0.4, 0.5) is 34.1 Å². The molecule has 0 saturated heterocycles. The van der Waals surface area contributed by atoms with E-state index in [1.807, 2.05) is 0 Å². The molecule has 23 heteroatoms. The van der Waals surface area contributed by atoms with Gasteiger partial charge >= 0.3 is 29.6 Å². The Labute approximate surface area is 347 Å². The second-order valence-electron chi connectivity index (χ2n) is 11.8. The van der Waals surface area contributed by atoms with Gasteiger partial charge in [-0.1, -0.05) is 36.4 Å². The molecule has 0 amide bonds. The number of fused-ring (bicyclic) bond motifs is 2. The van der Waals surface area contributed by atoms with Gasteiger partial charge < -0.3 is 11.5 Å². The van der Waals surface area contributed by atoms with E-state index in [4.69, 9.17) is 11.5 Å². The van der Waals surface area contributed by atoms with E-state index in [1.165, 1.54) is 60.7 Å². The molecule has 288 valence electrons. The van der Waals surface area contributed by atoms with Gasteiger partial charge in [-0.05, 0) is 83.9 Å². The van der Waals surface area contributed by atoms with E-state index in [0.717, 1.165) is 48.6 Å². The smallest absolute Gasteiger partial charge is 0.398 e. The van der Waals surface area contributed by atoms with Crippen molar-refractivity contribution in [2.75, 3.05) is 11.5 Å². The first-order chi connectivity index (χ1) is 26.1. The van der Waals surface area contributed by atoms with Crippen molar-refractivity contribution in [3.8, 4) is 0 Å². The molecule has 0 atom stereocenters. The Morgan fingerprint density at radius 1 is 0.421 bits per heavy atom. The molecule has 0 radical (unpaired) electrons. The summed E-state index contributed by atoms with van der Waals surface area (Å²) in [6.07, 6.45) is 2.33. The predicted molar refractivity (Wildman–Crippen MR) is 206 cm³/mol. The van der Waals surface area contributed by atoms with Gasteiger partial charge in [-0.3, -0.25) is 18.2 Å². The van der Waals surface area contributed by atoms with E-state index >= 15 is 0 Å². The zero-order chi connectivity index (χ0) is 40.8. The zero-order valence-electron chi connectivity index (χ0n) is 29.0. The average Bonchev–Trinajstić information content (AvgIpc) is 3.12. The summed E-state index contributed by atoms with van der Waals surface area (Å²) < 4.78 is 135. The van der Waals surface area contributed by atoms with Crippen molar-refractivity contribution in [2.45, 2.75) is 19.6 Å². The Bertz CT molecular complexity index is 2960. The van der Waals surface area contributed by atoms with Crippen LogP contribution in [0.3, 0.4) is 0 Å². The van der Waals surface area contributed by atoms with Crippen LogP contribution in [-0.4, -0.2) is 51.9 Å². The third kappa shape index (κ3) is 9.77. The van der Waals surface area contributed by atoms with Crippen molar-refractivity contribution in [1.29, 1.82) is 0 Å². The minimum Gasteiger partial charge on any atom is -0.398 e. The van der Waals surface area contributed by atoms with Crippen LogP contribution in [0.15, 0.2) is 137 Å². The number of nitrogen functional groups attached to an aromatic ring is 2. The Balaban J connectivity index is 0.00000620. The fourth-order valence-electron chi connectivity index (χ4n) is 5.46. The van der Waals surface area contributed by atoms with E-state index in [0.29, 0.717) is 10.8 Å². The van der Waals surface area contributed by atoms with Gasteiger partial charge in [0, 0.05) is 32.9 Å². The summed E-state index contributed by atoms with van der Waals surface area (Å²) in [7, 11) is -18.9. The first-order valence-electron chi connectivity index (χ1n) is 15.4. The molecule has 6 aromatic carbocycles. The van der Waals surface area contributed by atoms with Crippen LogP contribution in [0.5, 0.6) is 0 Å². The molecule has 8 N–H and O–H groups in total. The third-order valence-corrected chi connectivity index (χ3v) is 11.7. The minimum atomic E-state index is -4.90. The van der Waals surface area contributed by atoms with Crippen LogP contribution in [0.2, 0.25) is 0 Å². The first kappa shape index (κ1) is 43.1. The summed E-state index contributed by atoms with van der Waals surface area (Å²) in [4.78, 5) is -2.07. The van der Waals surface area contributed by atoms with Gasteiger partial charge in [0.25, 0.3) is 40.5 Å². The Hall–Kier alpha value is -4.98. The number of azo groups is 2. The quantitative estimate of drug-likeness (QED) is 0.0371. The third-order valence-electron chi connectivity index (χ3n) is 8.13. The molecule has 57 heavy (non-hydrogen) atoms. The molecule has 0 aromatic heterocycles. The second-order valence-corrected chi connectivity index (χ2v) is 17.5. The summed E-state index contributed by atoms with van der Waals surface area (Å²) in [6, 6.07) is 20.2. The van der Waals surface area contributed by atoms with Crippen molar-refractivity contribution in [3.63, 3.8) is 0 Å².